The lowest BCUT2D eigenvalue weighted by atomic mass is 10.1. The van der Waals surface area contributed by atoms with Gasteiger partial charge in [0.05, 0.1) is 0 Å². The molecular formula is C32H25F2O3PS2. The van der Waals surface area contributed by atoms with E-state index in [1.807, 2.05) is 48.6 Å². The smallest absolute Gasteiger partial charge is 0.417 e. The molecule has 8 heteroatoms. The first-order valence-electron chi connectivity index (χ1n) is 12.9. The highest BCUT2D eigenvalue weighted by Crippen LogP contribution is 2.51. The van der Waals surface area contributed by atoms with Crippen molar-refractivity contribution in [3.05, 3.63) is 118 Å². The fraction of sp³-hybridized carbons (Fsp3) is 0.125. The van der Waals surface area contributed by atoms with E-state index in [0.29, 0.717) is 11.5 Å². The van der Waals surface area contributed by atoms with Gasteiger partial charge in [0.2, 0.25) is 0 Å². The van der Waals surface area contributed by atoms with E-state index in [-0.39, 0.29) is 11.6 Å². The lowest BCUT2D eigenvalue weighted by Gasteiger charge is -2.19. The summed E-state index contributed by atoms with van der Waals surface area (Å²) in [7, 11) is -2.42. The van der Waals surface area contributed by atoms with Crippen LogP contribution in [0, 0.1) is 11.6 Å². The minimum atomic E-state index is -2.42. The standard InChI is InChI=1S/C32H25F2O3PS2/c1-3-19-7-5-9-25-27(15-21-11-13-23(33)17-29(21)39-31(19)25)36-38(35)37-28-16-22-12-14-24(34)18-30(22)40-32-20(4-2)8-6-10-26(28)32/h5-18,35H,3-4H2,1-2H3. The average molecular weight is 591 g/mol. The highest BCUT2D eigenvalue weighted by atomic mass is 32.2. The molecule has 6 rings (SSSR count). The average Bonchev–Trinajstić information content (AvgIpc) is 3.19. The maximum atomic E-state index is 14.1. The summed E-state index contributed by atoms with van der Waals surface area (Å²) in [6.07, 6.45) is 5.22. The Hall–Kier alpha value is -3.09. The zero-order valence-corrected chi connectivity index (χ0v) is 24.3. The van der Waals surface area contributed by atoms with Crippen LogP contribution in [0.5, 0.6) is 0 Å². The maximum Gasteiger partial charge on any atom is 0.460 e. The second-order valence-electron chi connectivity index (χ2n) is 9.30. The van der Waals surface area contributed by atoms with E-state index in [1.54, 1.807) is 12.1 Å². The number of aryl methyl sites for hydroxylation is 2. The lowest BCUT2D eigenvalue weighted by molar-refractivity contribution is 0.348. The Morgan fingerprint density at radius 1 is 0.675 bits per heavy atom. The monoisotopic (exact) mass is 590 g/mol. The molecule has 4 aromatic rings. The summed E-state index contributed by atoms with van der Waals surface area (Å²) in [6.45, 7) is 4.14. The van der Waals surface area contributed by atoms with E-state index in [0.717, 1.165) is 65.8 Å². The van der Waals surface area contributed by atoms with Gasteiger partial charge in [-0.2, -0.15) is 0 Å². The molecule has 0 aliphatic carbocycles. The van der Waals surface area contributed by atoms with Gasteiger partial charge in [0.25, 0.3) is 0 Å². The third-order valence-corrected chi connectivity index (χ3v) is 10.0. The van der Waals surface area contributed by atoms with Crippen molar-refractivity contribution in [2.45, 2.75) is 46.3 Å². The fourth-order valence-electron chi connectivity index (χ4n) is 4.78. The molecule has 0 saturated carbocycles. The Balaban J connectivity index is 1.39. The van der Waals surface area contributed by atoms with Crippen molar-refractivity contribution < 1.29 is 22.7 Å². The van der Waals surface area contributed by atoms with Crippen molar-refractivity contribution in [1.82, 2.24) is 0 Å². The minimum Gasteiger partial charge on any atom is -0.417 e. The van der Waals surface area contributed by atoms with E-state index in [2.05, 4.69) is 13.8 Å². The summed E-state index contributed by atoms with van der Waals surface area (Å²) in [4.78, 5) is 14.7. The predicted molar refractivity (Wildman–Crippen MR) is 160 cm³/mol. The molecule has 0 radical (unpaired) electrons. The minimum absolute atomic E-state index is 0.310. The zero-order chi connectivity index (χ0) is 27.8. The Bertz CT molecular complexity index is 1560. The van der Waals surface area contributed by atoms with E-state index < -0.39 is 8.60 Å². The molecule has 1 N–H and O–H groups in total. The van der Waals surface area contributed by atoms with Gasteiger partial charge in [-0.1, -0.05) is 85.9 Å². The highest BCUT2D eigenvalue weighted by molar-refractivity contribution is 7.99. The van der Waals surface area contributed by atoms with Crippen molar-refractivity contribution in [3.8, 4) is 0 Å². The number of hydrogen-bond acceptors (Lipinski definition) is 5. The van der Waals surface area contributed by atoms with Gasteiger partial charge in [0, 0.05) is 30.7 Å². The van der Waals surface area contributed by atoms with Crippen molar-refractivity contribution in [1.29, 1.82) is 0 Å². The van der Waals surface area contributed by atoms with Gasteiger partial charge in [-0.15, -0.1) is 0 Å². The van der Waals surface area contributed by atoms with Crippen LogP contribution in [0.4, 0.5) is 8.78 Å². The van der Waals surface area contributed by atoms with Crippen LogP contribution in [0.1, 0.15) is 47.2 Å². The SMILES string of the molecule is CCc1cccc2c1Sc1cc(F)ccc1C=C2OP(O)OC1=Cc2ccc(F)cc2Sc2c(CC)cccc21. The molecule has 0 fully saturated rings. The van der Waals surface area contributed by atoms with Crippen molar-refractivity contribution in [3.63, 3.8) is 0 Å². The van der Waals surface area contributed by atoms with Gasteiger partial charge in [-0.25, -0.2) is 8.78 Å². The number of benzene rings is 4. The third kappa shape index (κ3) is 5.31. The molecule has 3 nitrogen and oxygen atoms in total. The second kappa shape index (κ2) is 11.4. The van der Waals surface area contributed by atoms with Gasteiger partial charge >= 0.3 is 8.60 Å². The zero-order valence-electron chi connectivity index (χ0n) is 21.8. The quantitative estimate of drug-likeness (QED) is 0.226. The van der Waals surface area contributed by atoms with Gasteiger partial charge in [-0.05, 0) is 71.5 Å². The van der Waals surface area contributed by atoms with Crippen LogP contribution in [0.25, 0.3) is 23.7 Å². The van der Waals surface area contributed by atoms with Gasteiger partial charge in [0.1, 0.15) is 23.2 Å². The Morgan fingerprint density at radius 2 is 1.12 bits per heavy atom. The Kier molecular flexibility index (Phi) is 7.74. The molecule has 0 amide bonds. The number of hydrogen-bond donors (Lipinski definition) is 1. The largest absolute Gasteiger partial charge is 0.460 e. The van der Waals surface area contributed by atoms with Crippen molar-refractivity contribution in [2.75, 3.05) is 0 Å². The van der Waals surface area contributed by atoms with Gasteiger partial charge in [-0.3, -0.25) is 0 Å². The lowest BCUT2D eigenvalue weighted by Crippen LogP contribution is -1.97. The summed E-state index contributed by atoms with van der Waals surface area (Å²) >= 11 is 2.99. The fourth-order valence-corrected chi connectivity index (χ4v) is 7.98. The van der Waals surface area contributed by atoms with E-state index in [4.69, 9.17) is 9.05 Å². The Labute approximate surface area is 241 Å². The first-order valence-corrected chi connectivity index (χ1v) is 15.7. The van der Waals surface area contributed by atoms with Crippen LogP contribution in [-0.4, -0.2) is 4.89 Å². The number of fused-ring (bicyclic) bond motifs is 4. The predicted octanol–water partition coefficient (Wildman–Crippen LogP) is 9.97. The van der Waals surface area contributed by atoms with Crippen LogP contribution in [-0.2, 0) is 21.9 Å². The second-order valence-corrected chi connectivity index (χ2v) is 12.2. The molecule has 2 aliphatic rings. The van der Waals surface area contributed by atoms with Gasteiger partial charge in [0.15, 0.2) is 0 Å². The molecule has 4 aromatic carbocycles. The number of halogens is 2. The Morgan fingerprint density at radius 3 is 1.55 bits per heavy atom. The maximum absolute atomic E-state index is 14.1. The van der Waals surface area contributed by atoms with Crippen LogP contribution in [0.2, 0.25) is 0 Å². The molecule has 0 aromatic heterocycles. The molecular weight excluding hydrogens is 565 g/mol. The van der Waals surface area contributed by atoms with Crippen LogP contribution in [0.15, 0.2) is 92.4 Å². The molecule has 0 saturated heterocycles. The summed E-state index contributed by atoms with van der Waals surface area (Å²) in [5.41, 5.74) is 5.41. The molecule has 0 unspecified atom stereocenters. The van der Waals surface area contributed by atoms with Crippen LogP contribution >= 0.6 is 32.1 Å². The van der Waals surface area contributed by atoms with E-state index in [1.165, 1.54) is 47.8 Å². The molecule has 0 spiro atoms. The van der Waals surface area contributed by atoms with E-state index >= 15 is 0 Å². The summed E-state index contributed by atoms with van der Waals surface area (Å²) in [5.74, 6) is 0.280. The van der Waals surface area contributed by atoms with Gasteiger partial charge < -0.3 is 13.9 Å². The number of rotatable bonds is 6. The third-order valence-electron chi connectivity index (χ3n) is 6.79. The topological polar surface area (TPSA) is 38.7 Å². The van der Waals surface area contributed by atoms with Crippen molar-refractivity contribution in [2.24, 2.45) is 0 Å². The molecule has 2 heterocycles. The molecule has 202 valence electrons. The van der Waals surface area contributed by atoms with Crippen LogP contribution in [0.3, 0.4) is 0 Å². The normalized spacial score (nSPS) is 13.7. The molecule has 0 bridgehead atoms. The summed E-state index contributed by atoms with van der Waals surface area (Å²) in [6, 6.07) is 21.2. The molecule has 40 heavy (non-hydrogen) atoms. The van der Waals surface area contributed by atoms with E-state index in [9.17, 15) is 13.7 Å². The summed E-state index contributed by atoms with van der Waals surface area (Å²) in [5, 5.41) is 0. The first kappa shape index (κ1) is 27.1. The first-order chi connectivity index (χ1) is 19.4. The van der Waals surface area contributed by atoms with Crippen LogP contribution < -0.4 is 0 Å². The molecule has 2 aliphatic heterocycles. The molecule has 0 atom stereocenters. The van der Waals surface area contributed by atoms with Crippen molar-refractivity contribution >= 4 is 55.8 Å². The summed E-state index contributed by atoms with van der Waals surface area (Å²) < 4.78 is 40.6. The highest BCUT2D eigenvalue weighted by Gasteiger charge is 2.26.